The molecule has 1 amide bonds. The standard InChI is InChI=1S/C18H22ClN5O/c19-12-1-2-13-15(9-12)21-10-16(22-13)23-14-3-4-17(25)24-18(14)11-5-7-20-8-6-11/h1-2,9-11,14,18,20H,3-8H2,(H,22,23)(H,24,25)/t14-,18+/m1/s1. The number of amides is 1. The Balaban J connectivity index is 1.54. The molecule has 132 valence electrons. The van der Waals surface area contributed by atoms with Gasteiger partial charge in [0.25, 0.3) is 0 Å². The molecule has 2 aromatic rings. The second-order valence-corrected chi connectivity index (χ2v) is 7.29. The van der Waals surface area contributed by atoms with E-state index in [-0.39, 0.29) is 18.0 Å². The Labute approximate surface area is 151 Å². The number of hydrogen-bond donors (Lipinski definition) is 3. The first-order valence-electron chi connectivity index (χ1n) is 8.88. The second kappa shape index (κ2) is 7.14. The minimum absolute atomic E-state index is 0.145. The summed E-state index contributed by atoms with van der Waals surface area (Å²) in [4.78, 5) is 21.0. The smallest absolute Gasteiger partial charge is 0.220 e. The number of carbonyl (C=O) groups is 1. The number of nitrogens with zero attached hydrogens (tertiary/aromatic N) is 2. The third-order valence-electron chi connectivity index (χ3n) is 5.17. The summed E-state index contributed by atoms with van der Waals surface area (Å²) in [5.74, 6) is 1.39. The molecule has 3 heterocycles. The van der Waals surface area contributed by atoms with Gasteiger partial charge < -0.3 is 16.0 Å². The van der Waals surface area contributed by atoms with Crippen LogP contribution in [0.15, 0.2) is 24.4 Å². The topological polar surface area (TPSA) is 78.9 Å². The van der Waals surface area contributed by atoms with Gasteiger partial charge in [0, 0.05) is 17.5 Å². The van der Waals surface area contributed by atoms with E-state index >= 15 is 0 Å². The van der Waals surface area contributed by atoms with Gasteiger partial charge in [0.1, 0.15) is 5.82 Å². The van der Waals surface area contributed by atoms with Crippen LogP contribution in [0.4, 0.5) is 5.82 Å². The minimum atomic E-state index is 0.145. The van der Waals surface area contributed by atoms with Gasteiger partial charge in [-0.2, -0.15) is 0 Å². The van der Waals surface area contributed by atoms with Crippen molar-refractivity contribution in [1.29, 1.82) is 0 Å². The highest BCUT2D eigenvalue weighted by Gasteiger charge is 2.35. The predicted molar refractivity (Wildman–Crippen MR) is 98.7 cm³/mol. The number of hydrogen-bond acceptors (Lipinski definition) is 5. The maximum Gasteiger partial charge on any atom is 0.220 e. The molecule has 4 rings (SSSR count). The molecule has 6 nitrogen and oxygen atoms in total. The van der Waals surface area contributed by atoms with Crippen LogP contribution in [0.25, 0.3) is 11.0 Å². The van der Waals surface area contributed by atoms with Crippen LogP contribution in [-0.2, 0) is 4.79 Å². The van der Waals surface area contributed by atoms with Crippen molar-refractivity contribution in [3.8, 4) is 0 Å². The SMILES string of the molecule is O=C1CC[C@@H](Nc2cnc3cc(Cl)ccc3n2)[C@H](C2CCNCC2)N1. The highest BCUT2D eigenvalue weighted by molar-refractivity contribution is 6.31. The Morgan fingerprint density at radius 2 is 2.00 bits per heavy atom. The van der Waals surface area contributed by atoms with Crippen LogP contribution in [0.2, 0.25) is 5.02 Å². The normalized spacial score (nSPS) is 24.9. The van der Waals surface area contributed by atoms with Crippen molar-refractivity contribution >= 4 is 34.4 Å². The highest BCUT2D eigenvalue weighted by Crippen LogP contribution is 2.26. The summed E-state index contributed by atoms with van der Waals surface area (Å²) in [7, 11) is 0. The lowest BCUT2D eigenvalue weighted by molar-refractivity contribution is -0.124. The van der Waals surface area contributed by atoms with Gasteiger partial charge in [-0.1, -0.05) is 11.6 Å². The average Bonchev–Trinajstić information content (AvgIpc) is 2.64. The first-order chi connectivity index (χ1) is 12.2. The van der Waals surface area contributed by atoms with Crippen LogP contribution in [0.3, 0.4) is 0 Å². The molecule has 2 aliphatic heterocycles. The number of nitrogens with one attached hydrogen (secondary N) is 3. The molecule has 0 radical (unpaired) electrons. The molecule has 2 aliphatic rings. The molecular formula is C18H22ClN5O. The van der Waals surface area contributed by atoms with Crippen LogP contribution in [0.5, 0.6) is 0 Å². The summed E-state index contributed by atoms with van der Waals surface area (Å²) in [6.45, 7) is 2.03. The van der Waals surface area contributed by atoms with Gasteiger partial charge in [0.2, 0.25) is 5.91 Å². The van der Waals surface area contributed by atoms with E-state index in [1.54, 1.807) is 6.20 Å². The van der Waals surface area contributed by atoms with Crippen molar-refractivity contribution in [2.75, 3.05) is 18.4 Å². The van der Waals surface area contributed by atoms with E-state index in [0.29, 0.717) is 17.4 Å². The van der Waals surface area contributed by atoms with Crippen LogP contribution < -0.4 is 16.0 Å². The Kier molecular flexibility index (Phi) is 4.72. The Morgan fingerprint density at radius 1 is 1.16 bits per heavy atom. The lowest BCUT2D eigenvalue weighted by Gasteiger charge is -2.39. The maximum absolute atomic E-state index is 11.9. The summed E-state index contributed by atoms with van der Waals surface area (Å²) in [6.07, 6.45) is 5.29. The Morgan fingerprint density at radius 3 is 2.84 bits per heavy atom. The van der Waals surface area contributed by atoms with Crippen LogP contribution in [0, 0.1) is 5.92 Å². The lowest BCUT2D eigenvalue weighted by atomic mass is 9.82. The zero-order valence-electron chi connectivity index (χ0n) is 14.0. The van der Waals surface area contributed by atoms with Gasteiger partial charge in [-0.25, -0.2) is 4.98 Å². The van der Waals surface area contributed by atoms with Gasteiger partial charge in [-0.3, -0.25) is 9.78 Å². The van der Waals surface area contributed by atoms with E-state index in [2.05, 4.69) is 25.9 Å². The first kappa shape index (κ1) is 16.5. The van der Waals surface area contributed by atoms with Gasteiger partial charge >= 0.3 is 0 Å². The quantitative estimate of drug-likeness (QED) is 0.784. The van der Waals surface area contributed by atoms with E-state index < -0.39 is 0 Å². The summed E-state index contributed by atoms with van der Waals surface area (Å²) >= 11 is 6.00. The number of carbonyl (C=O) groups excluding carboxylic acids is 1. The molecule has 1 aromatic carbocycles. The van der Waals surface area contributed by atoms with Gasteiger partial charge in [0.05, 0.1) is 23.3 Å². The molecule has 25 heavy (non-hydrogen) atoms. The number of aromatic nitrogens is 2. The molecule has 0 aliphatic carbocycles. The van der Waals surface area contributed by atoms with Crippen molar-refractivity contribution in [2.45, 2.75) is 37.8 Å². The number of rotatable bonds is 3. The summed E-state index contributed by atoms with van der Waals surface area (Å²) in [6, 6.07) is 5.83. The van der Waals surface area contributed by atoms with Crippen molar-refractivity contribution in [3.63, 3.8) is 0 Å². The molecular weight excluding hydrogens is 338 g/mol. The Bertz CT molecular complexity index is 777. The van der Waals surface area contributed by atoms with Gasteiger partial charge in [0.15, 0.2) is 0 Å². The fourth-order valence-corrected chi connectivity index (χ4v) is 4.05. The lowest BCUT2D eigenvalue weighted by Crippen LogP contribution is -2.56. The monoisotopic (exact) mass is 359 g/mol. The van der Waals surface area contributed by atoms with E-state index in [1.807, 2.05) is 18.2 Å². The number of halogens is 1. The van der Waals surface area contributed by atoms with Crippen molar-refractivity contribution in [2.24, 2.45) is 5.92 Å². The molecule has 0 spiro atoms. The molecule has 7 heteroatoms. The molecule has 2 saturated heterocycles. The van der Waals surface area contributed by atoms with E-state index in [4.69, 9.17) is 11.6 Å². The average molecular weight is 360 g/mol. The summed E-state index contributed by atoms with van der Waals surface area (Å²) < 4.78 is 0. The molecule has 0 unspecified atom stereocenters. The van der Waals surface area contributed by atoms with E-state index in [9.17, 15) is 4.79 Å². The molecule has 2 atom stereocenters. The zero-order chi connectivity index (χ0) is 17.2. The number of benzene rings is 1. The highest BCUT2D eigenvalue weighted by atomic mass is 35.5. The third kappa shape index (κ3) is 3.70. The summed E-state index contributed by atoms with van der Waals surface area (Å²) in [5, 5.41) is 10.8. The predicted octanol–water partition coefficient (Wildman–Crippen LogP) is 2.34. The minimum Gasteiger partial charge on any atom is -0.364 e. The number of fused-ring (bicyclic) bond motifs is 1. The molecule has 2 fully saturated rings. The largest absolute Gasteiger partial charge is 0.364 e. The molecule has 0 bridgehead atoms. The van der Waals surface area contributed by atoms with E-state index in [0.717, 1.165) is 49.2 Å². The van der Waals surface area contributed by atoms with Gasteiger partial charge in [-0.05, 0) is 56.5 Å². The molecule has 0 saturated carbocycles. The van der Waals surface area contributed by atoms with Crippen LogP contribution in [-0.4, -0.2) is 41.0 Å². The third-order valence-corrected chi connectivity index (χ3v) is 5.41. The molecule has 3 N–H and O–H groups in total. The maximum atomic E-state index is 11.9. The molecule has 1 aromatic heterocycles. The fourth-order valence-electron chi connectivity index (χ4n) is 3.88. The second-order valence-electron chi connectivity index (χ2n) is 6.86. The number of anilines is 1. The fraction of sp³-hybridized carbons (Fsp3) is 0.500. The first-order valence-corrected chi connectivity index (χ1v) is 9.26. The van der Waals surface area contributed by atoms with Crippen LogP contribution in [0.1, 0.15) is 25.7 Å². The number of piperidine rings is 2. The Hall–Kier alpha value is -1.92. The zero-order valence-corrected chi connectivity index (χ0v) is 14.7. The van der Waals surface area contributed by atoms with Crippen molar-refractivity contribution in [3.05, 3.63) is 29.4 Å². The summed E-state index contributed by atoms with van der Waals surface area (Å²) in [5.41, 5.74) is 1.59. The van der Waals surface area contributed by atoms with Crippen molar-refractivity contribution < 1.29 is 4.79 Å². The van der Waals surface area contributed by atoms with Crippen LogP contribution >= 0.6 is 11.6 Å². The van der Waals surface area contributed by atoms with Crippen molar-refractivity contribution in [1.82, 2.24) is 20.6 Å². The van der Waals surface area contributed by atoms with E-state index in [1.165, 1.54) is 0 Å². The van der Waals surface area contributed by atoms with Gasteiger partial charge in [-0.15, -0.1) is 0 Å².